The van der Waals surface area contributed by atoms with Crippen LogP contribution < -0.4 is 16.8 Å². The van der Waals surface area contributed by atoms with Gasteiger partial charge in [0.1, 0.15) is 0 Å². The topological polar surface area (TPSA) is 84.4 Å². The van der Waals surface area contributed by atoms with Gasteiger partial charge >= 0.3 is 0 Å². The first-order chi connectivity index (χ1) is 8.71. The summed E-state index contributed by atoms with van der Waals surface area (Å²) in [7, 11) is 4.03. The number of amides is 1. The van der Waals surface area contributed by atoms with E-state index in [2.05, 4.69) is 24.1 Å². The molecule has 1 rings (SSSR count). The fraction of sp³-hybridized carbons (Fsp3) is 0.500. The number of nitrogen functional groups attached to an aromatic ring is 2. The molecular weight excluding hydrogens is 240 g/mol. The molecular formula is C14H24N4O. The van der Waals surface area contributed by atoms with Gasteiger partial charge in [-0.2, -0.15) is 0 Å². The third-order valence-electron chi connectivity index (χ3n) is 2.79. The van der Waals surface area contributed by atoms with Crippen molar-refractivity contribution in [2.45, 2.75) is 13.8 Å². The summed E-state index contributed by atoms with van der Waals surface area (Å²) in [5.41, 5.74) is 12.8. The Balaban J connectivity index is 2.65. The number of rotatable bonds is 5. The summed E-state index contributed by atoms with van der Waals surface area (Å²) in [5.74, 6) is -0.163. The molecule has 0 aliphatic rings. The highest BCUT2D eigenvalue weighted by Gasteiger charge is 2.20. The molecule has 19 heavy (non-hydrogen) atoms. The summed E-state index contributed by atoms with van der Waals surface area (Å²) in [6.45, 7) is 5.71. The molecule has 0 heterocycles. The fourth-order valence-electron chi connectivity index (χ4n) is 2.11. The molecule has 0 aliphatic heterocycles. The minimum Gasteiger partial charge on any atom is -0.399 e. The maximum atomic E-state index is 12.1. The van der Waals surface area contributed by atoms with Crippen LogP contribution in [0.15, 0.2) is 18.2 Å². The van der Waals surface area contributed by atoms with Gasteiger partial charge in [-0.1, -0.05) is 13.8 Å². The lowest BCUT2D eigenvalue weighted by atomic mass is 9.93. The van der Waals surface area contributed by atoms with Gasteiger partial charge in [-0.3, -0.25) is 4.79 Å². The molecule has 0 radical (unpaired) electrons. The van der Waals surface area contributed by atoms with Gasteiger partial charge < -0.3 is 21.7 Å². The van der Waals surface area contributed by atoms with Gasteiger partial charge in [-0.05, 0) is 37.7 Å². The summed E-state index contributed by atoms with van der Waals surface area (Å²) < 4.78 is 0. The lowest BCUT2D eigenvalue weighted by molar-refractivity contribution is 0.0930. The van der Waals surface area contributed by atoms with Crippen LogP contribution in [0.2, 0.25) is 0 Å². The first kappa shape index (κ1) is 15.3. The van der Waals surface area contributed by atoms with Gasteiger partial charge in [0.15, 0.2) is 0 Å². The van der Waals surface area contributed by atoms with E-state index in [1.54, 1.807) is 18.2 Å². The maximum Gasteiger partial charge on any atom is 0.253 e. The Morgan fingerprint density at radius 3 is 2.47 bits per heavy atom. The number of nitrogens with zero attached hydrogens (tertiary/aromatic N) is 1. The Bertz CT molecular complexity index is 455. The molecule has 0 saturated carbocycles. The first-order valence-electron chi connectivity index (χ1n) is 6.29. The van der Waals surface area contributed by atoms with Crippen molar-refractivity contribution in [1.29, 1.82) is 0 Å². The second kappa shape index (κ2) is 5.93. The van der Waals surface area contributed by atoms with E-state index < -0.39 is 0 Å². The number of hydrogen-bond donors (Lipinski definition) is 3. The van der Waals surface area contributed by atoms with Crippen LogP contribution in [-0.4, -0.2) is 38.0 Å². The van der Waals surface area contributed by atoms with Crippen LogP contribution in [0.3, 0.4) is 0 Å². The second-order valence-corrected chi connectivity index (χ2v) is 5.93. The molecule has 0 saturated heterocycles. The largest absolute Gasteiger partial charge is 0.399 e. The normalized spacial score (nSPS) is 11.6. The zero-order valence-electron chi connectivity index (χ0n) is 12.2. The lowest BCUT2D eigenvalue weighted by Gasteiger charge is -2.28. The molecule has 0 fully saturated rings. The Hall–Kier alpha value is -1.75. The predicted octanol–water partition coefficient (Wildman–Crippen LogP) is 1.17. The van der Waals surface area contributed by atoms with Crippen LogP contribution in [0.5, 0.6) is 0 Å². The van der Waals surface area contributed by atoms with E-state index >= 15 is 0 Å². The highest BCUT2D eigenvalue weighted by atomic mass is 16.1. The van der Waals surface area contributed by atoms with Crippen molar-refractivity contribution in [3.05, 3.63) is 23.8 Å². The summed E-state index contributed by atoms with van der Waals surface area (Å²) in [6.07, 6.45) is 0. The fourth-order valence-corrected chi connectivity index (χ4v) is 2.11. The van der Waals surface area contributed by atoms with E-state index in [1.807, 2.05) is 14.1 Å². The molecule has 0 aliphatic carbocycles. The smallest absolute Gasteiger partial charge is 0.253 e. The lowest BCUT2D eigenvalue weighted by Crippen LogP contribution is -2.40. The standard InChI is InChI=1S/C14H24N4O/c1-14(2,9-18(3)4)8-17-13(19)11-6-5-10(15)7-12(11)16/h5-7H,8-9,15-16H2,1-4H3,(H,17,19). The van der Waals surface area contributed by atoms with E-state index in [4.69, 9.17) is 11.5 Å². The monoisotopic (exact) mass is 264 g/mol. The van der Waals surface area contributed by atoms with Crippen molar-refractivity contribution in [3.8, 4) is 0 Å². The number of nitrogens with two attached hydrogens (primary N) is 2. The molecule has 0 atom stereocenters. The van der Waals surface area contributed by atoms with Crippen LogP contribution in [0.25, 0.3) is 0 Å². The average molecular weight is 264 g/mol. The van der Waals surface area contributed by atoms with E-state index in [0.29, 0.717) is 23.5 Å². The first-order valence-corrected chi connectivity index (χ1v) is 6.29. The van der Waals surface area contributed by atoms with E-state index in [-0.39, 0.29) is 11.3 Å². The molecule has 106 valence electrons. The molecule has 5 nitrogen and oxygen atoms in total. The third kappa shape index (κ3) is 4.79. The zero-order chi connectivity index (χ0) is 14.6. The molecule has 1 aromatic carbocycles. The van der Waals surface area contributed by atoms with Crippen molar-refractivity contribution in [2.75, 3.05) is 38.7 Å². The number of carbonyl (C=O) groups is 1. The molecule has 1 aromatic rings. The van der Waals surface area contributed by atoms with Gasteiger partial charge in [0.2, 0.25) is 0 Å². The molecule has 0 unspecified atom stereocenters. The van der Waals surface area contributed by atoms with Gasteiger partial charge in [-0.25, -0.2) is 0 Å². The Morgan fingerprint density at radius 1 is 1.32 bits per heavy atom. The second-order valence-electron chi connectivity index (χ2n) is 5.93. The van der Waals surface area contributed by atoms with E-state index in [0.717, 1.165) is 6.54 Å². The van der Waals surface area contributed by atoms with Crippen molar-refractivity contribution in [2.24, 2.45) is 5.41 Å². The van der Waals surface area contributed by atoms with Crippen LogP contribution in [0, 0.1) is 5.41 Å². The van der Waals surface area contributed by atoms with Crippen molar-refractivity contribution < 1.29 is 4.79 Å². The van der Waals surface area contributed by atoms with E-state index in [1.165, 1.54) is 0 Å². The van der Waals surface area contributed by atoms with Crippen molar-refractivity contribution in [3.63, 3.8) is 0 Å². The van der Waals surface area contributed by atoms with Gasteiger partial charge in [-0.15, -0.1) is 0 Å². The van der Waals surface area contributed by atoms with Crippen LogP contribution >= 0.6 is 0 Å². The minimum absolute atomic E-state index is 0.00172. The van der Waals surface area contributed by atoms with Crippen molar-refractivity contribution >= 4 is 17.3 Å². The van der Waals surface area contributed by atoms with Gasteiger partial charge in [0.25, 0.3) is 5.91 Å². The molecule has 5 N–H and O–H groups in total. The molecule has 0 bridgehead atoms. The maximum absolute atomic E-state index is 12.1. The number of hydrogen-bond acceptors (Lipinski definition) is 4. The molecule has 1 amide bonds. The van der Waals surface area contributed by atoms with Crippen LogP contribution in [0.1, 0.15) is 24.2 Å². The van der Waals surface area contributed by atoms with Crippen molar-refractivity contribution in [1.82, 2.24) is 10.2 Å². The average Bonchev–Trinajstić information content (AvgIpc) is 2.24. The minimum atomic E-state index is -0.163. The Kier molecular flexibility index (Phi) is 4.78. The highest BCUT2D eigenvalue weighted by Crippen LogP contribution is 2.17. The van der Waals surface area contributed by atoms with Crippen LogP contribution in [-0.2, 0) is 0 Å². The summed E-state index contributed by atoms with van der Waals surface area (Å²) >= 11 is 0. The van der Waals surface area contributed by atoms with Crippen LogP contribution in [0.4, 0.5) is 11.4 Å². The number of carbonyl (C=O) groups excluding carboxylic acids is 1. The molecule has 0 spiro atoms. The molecule has 0 aromatic heterocycles. The zero-order valence-corrected chi connectivity index (χ0v) is 12.2. The quantitative estimate of drug-likeness (QED) is 0.697. The van der Waals surface area contributed by atoms with Gasteiger partial charge in [0, 0.05) is 24.5 Å². The predicted molar refractivity (Wildman–Crippen MR) is 79.9 cm³/mol. The summed E-state index contributed by atoms with van der Waals surface area (Å²) in [5, 5.41) is 2.92. The Labute approximate surface area is 115 Å². The van der Waals surface area contributed by atoms with E-state index in [9.17, 15) is 4.79 Å². The van der Waals surface area contributed by atoms with Gasteiger partial charge in [0.05, 0.1) is 5.56 Å². The highest BCUT2D eigenvalue weighted by molar-refractivity contribution is 5.99. The SMILES string of the molecule is CN(C)CC(C)(C)CNC(=O)c1ccc(N)cc1N. The number of benzene rings is 1. The number of nitrogens with one attached hydrogen (secondary N) is 1. The summed E-state index contributed by atoms with van der Waals surface area (Å²) in [6, 6.07) is 4.93. The number of anilines is 2. The molecule has 5 heteroatoms. The summed E-state index contributed by atoms with van der Waals surface area (Å²) in [4.78, 5) is 14.2. The third-order valence-corrected chi connectivity index (χ3v) is 2.79. The Morgan fingerprint density at radius 2 is 1.95 bits per heavy atom.